The Morgan fingerprint density at radius 3 is 2.64 bits per heavy atom. The topological polar surface area (TPSA) is 143 Å². The summed E-state index contributed by atoms with van der Waals surface area (Å²) in [6.45, 7) is -0.941. The normalized spacial score (nSPS) is 13.4. The van der Waals surface area contributed by atoms with Crippen LogP contribution >= 0.6 is 0 Å². The van der Waals surface area contributed by atoms with Crippen LogP contribution in [0.3, 0.4) is 0 Å². The van der Waals surface area contributed by atoms with E-state index in [1.807, 2.05) is 0 Å². The molecule has 0 saturated heterocycles. The number of carbonyl (C=O) groups is 2. The van der Waals surface area contributed by atoms with E-state index in [2.05, 4.69) is 15.4 Å². The van der Waals surface area contributed by atoms with Crippen molar-refractivity contribution in [3.63, 3.8) is 0 Å². The van der Waals surface area contributed by atoms with E-state index in [0.717, 1.165) is 5.56 Å². The van der Waals surface area contributed by atoms with Crippen LogP contribution in [0.1, 0.15) is 10.4 Å². The lowest BCUT2D eigenvalue weighted by Crippen LogP contribution is -2.64. The number of aliphatic hydroxyl groups is 1. The van der Waals surface area contributed by atoms with Gasteiger partial charge >= 0.3 is 5.97 Å². The van der Waals surface area contributed by atoms with E-state index in [0.29, 0.717) is 5.56 Å². The molecule has 9 nitrogen and oxygen atoms in total. The van der Waals surface area contributed by atoms with E-state index >= 15 is 0 Å². The van der Waals surface area contributed by atoms with Gasteiger partial charge in [0.2, 0.25) is 5.66 Å². The minimum Gasteiger partial charge on any atom is -0.478 e. The second-order valence-electron chi connectivity index (χ2n) is 4.75. The first kappa shape index (κ1) is 15.6. The van der Waals surface area contributed by atoms with Crippen molar-refractivity contribution in [3.05, 3.63) is 36.4 Å². The fraction of sp³-hybridized carbons (Fsp3) is 0.231. The average molecular weight is 305 g/mol. The number of carboxylic acid groups (broad SMARTS) is 1. The highest BCUT2D eigenvalue weighted by atomic mass is 16.4. The van der Waals surface area contributed by atoms with Gasteiger partial charge in [0.15, 0.2) is 0 Å². The summed E-state index contributed by atoms with van der Waals surface area (Å²) in [4.78, 5) is 27.0. The zero-order chi connectivity index (χ0) is 16.3. The highest BCUT2D eigenvalue weighted by Crippen LogP contribution is 2.18. The summed E-state index contributed by atoms with van der Waals surface area (Å²) in [5.74, 6) is -2.29. The Kier molecular flexibility index (Phi) is 4.20. The number of carbonyl (C=O) groups excluding carboxylic acids is 1. The van der Waals surface area contributed by atoms with Crippen LogP contribution in [0.5, 0.6) is 0 Å². The summed E-state index contributed by atoms with van der Waals surface area (Å²) in [5.41, 5.74) is 4.68. The van der Waals surface area contributed by atoms with E-state index in [4.69, 9.17) is 15.9 Å². The minimum atomic E-state index is -2.25. The maximum absolute atomic E-state index is 12.1. The molecule has 0 bridgehead atoms. The summed E-state index contributed by atoms with van der Waals surface area (Å²) in [6.07, 6.45) is 6.18. The van der Waals surface area contributed by atoms with Crippen LogP contribution in [0.2, 0.25) is 0 Å². The van der Waals surface area contributed by atoms with Gasteiger partial charge in [0.05, 0.1) is 18.4 Å². The maximum atomic E-state index is 12.1. The van der Waals surface area contributed by atoms with Crippen LogP contribution < -0.4 is 11.1 Å². The highest BCUT2D eigenvalue weighted by molar-refractivity contribution is 5.98. The van der Waals surface area contributed by atoms with E-state index in [1.165, 1.54) is 12.3 Å². The molecule has 0 aliphatic rings. The van der Waals surface area contributed by atoms with Crippen molar-refractivity contribution in [2.24, 2.45) is 12.8 Å². The molecule has 0 saturated carbocycles. The van der Waals surface area contributed by atoms with E-state index in [-0.39, 0.29) is 5.56 Å². The highest BCUT2D eigenvalue weighted by Gasteiger charge is 2.35. The first-order chi connectivity index (χ1) is 10.4. The van der Waals surface area contributed by atoms with Crippen LogP contribution in [0.15, 0.2) is 30.9 Å². The Balaban J connectivity index is 2.26. The number of aryl methyl sites for hydroxylation is 1. The second-order valence-corrected chi connectivity index (χ2v) is 4.75. The minimum absolute atomic E-state index is 0.117. The largest absolute Gasteiger partial charge is 0.478 e. The van der Waals surface area contributed by atoms with Crippen molar-refractivity contribution in [2.75, 3.05) is 6.61 Å². The zero-order valence-corrected chi connectivity index (χ0v) is 11.7. The third kappa shape index (κ3) is 3.10. The van der Waals surface area contributed by atoms with Gasteiger partial charge in [-0.1, -0.05) is 0 Å². The molecule has 1 unspecified atom stereocenters. The molecule has 0 aliphatic heterocycles. The van der Waals surface area contributed by atoms with Gasteiger partial charge in [-0.3, -0.25) is 20.2 Å². The molecule has 0 radical (unpaired) electrons. The number of aliphatic carboxylic acids is 1. The fourth-order valence-corrected chi connectivity index (χ4v) is 1.73. The number of nitrogens with two attached hydrogens (primary N) is 1. The Hall–Kier alpha value is -2.78. The number of nitrogens with one attached hydrogen (secondary N) is 1. The Labute approximate surface area is 125 Å². The number of amides is 1. The van der Waals surface area contributed by atoms with Crippen LogP contribution in [-0.4, -0.2) is 49.1 Å². The summed E-state index contributed by atoms with van der Waals surface area (Å²) in [6, 6.07) is 1.53. The standard InChI is InChI=1S/C13H15N5O4/c1-18-6-10(5-16-18)8-2-9(4-15-3-8)11(20)17-13(14,7-19)12(21)22/h2-6,19H,7,14H2,1H3,(H,17,20)(H,21,22). The van der Waals surface area contributed by atoms with Crippen molar-refractivity contribution in [2.45, 2.75) is 5.66 Å². The maximum Gasteiger partial charge on any atom is 0.346 e. The van der Waals surface area contributed by atoms with Crippen molar-refractivity contribution in [3.8, 4) is 11.1 Å². The number of rotatable bonds is 5. The fourth-order valence-electron chi connectivity index (χ4n) is 1.73. The molecule has 1 amide bonds. The lowest BCUT2D eigenvalue weighted by molar-refractivity contribution is -0.146. The summed E-state index contributed by atoms with van der Waals surface area (Å²) in [7, 11) is 1.75. The molecular weight excluding hydrogens is 290 g/mol. The average Bonchev–Trinajstić information content (AvgIpc) is 2.93. The number of carboxylic acids is 1. The second kappa shape index (κ2) is 5.92. The van der Waals surface area contributed by atoms with Crippen molar-refractivity contribution in [1.82, 2.24) is 20.1 Å². The predicted molar refractivity (Wildman–Crippen MR) is 75.5 cm³/mol. The Bertz CT molecular complexity index is 714. The summed E-state index contributed by atoms with van der Waals surface area (Å²) in [5, 5.41) is 24.1. The smallest absolute Gasteiger partial charge is 0.346 e. The van der Waals surface area contributed by atoms with Crippen molar-refractivity contribution in [1.29, 1.82) is 0 Å². The first-order valence-electron chi connectivity index (χ1n) is 6.25. The molecule has 2 rings (SSSR count). The molecule has 22 heavy (non-hydrogen) atoms. The number of hydrogen-bond donors (Lipinski definition) is 4. The molecular formula is C13H15N5O4. The molecule has 1 atom stereocenters. The van der Waals surface area contributed by atoms with Gasteiger partial charge in [-0.25, -0.2) is 4.79 Å². The molecule has 0 aliphatic carbocycles. The zero-order valence-electron chi connectivity index (χ0n) is 11.7. The molecule has 0 aromatic carbocycles. The molecule has 116 valence electrons. The number of aromatic nitrogens is 3. The van der Waals surface area contributed by atoms with Crippen molar-refractivity contribution < 1.29 is 19.8 Å². The van der Waals surface area contributed by atoms with E-state index in [9.17, 15) is 9.59 Å². The van der Waals surface area contributed by atoms with Gasteiger partial charge in [-0.15, -0.1) is 0 Å². The van der Waals surface area contributed by atoms with Crippen molar-refractivity contribution >= 4 is 11.9 Å². The Morgan fingerprint density at radius 2 is 2.09 bits per heavy atom. The summed E-state index contributed by atoms with van der Waals surface area (Å²) < 4.78 is 1.60. The van der Waals surface area contributed by atoms with Gasteiger partial charge in [-0.2, -0.15) is 5.10 Å². The lowest BCUT2D eigenvalue weighted by atomic mass is 10.1. The first-order valence-corrected chi connectivity index (χ1v) is 6.25. The number of hydrogen-bond acceptors (Lipinski definition) is 6. The van der Waals surface area contributed by atoms with Crippen LogP contribution in [0.25, 0.3) is 11.1 Å². The number of aliphatic hydroxyl groups excluding tert-OH is 1. The van der Waals surface area contributed by atoms with E-state index in [1.54, 1.807) is 30.3 Å². The molecule has 2 aromatic heterocycles. The van der Waals surface area contributed by atoms with Gasteiger partial charge in [-0.05, 0) is 6.07 Å². The molecule has 9 heteroatoms. The lowest BCUT2D eigenvalue weighted by Gasteiger charge is -2.23. The molecule has 5 N–H and O–H groups in total. The molecule has 0 fully saturated rings. The van der Waals surface area contributed by atoms with Gasteiger partial charge < -0.3 is 15.5 Å². The van der Waals surface area contributed by atoms with Gasteiger partial charge in [0.25, 0.3) is 5.91 Å². The van der Waals surface area contributed by atoms with Crippen LogP contribution in [0.4, 0.5) is 0 Å². The van der Waals surface area contributed by atoms with Gasteiger partial charge in [0.1, 0.15) is 0 Å². The van der Waals surface area contributed by atoms with Gasteiger partial charge in [0, 0.05) is 36.8 Å². The monoisotopic (exact) mass is 305 g/mol. The predicted octanol–water partition coefficient (Wildman–Crippen LogP) is -1.06. The van der Waals surface area contributed by atoms with Crippen LogP contribution in [0, 0.1) is 0 Å². The molecule has 2 aromatic rings. The molecule has 2 heterocycles. The molecule has 0 spiro atoms. The van der Waals surface area contributed by atoms with Crippen LogP contribution in [-0.2, 0) is 11.8 Å². The quantitative estimate of drug-likeness (QED) is 0.516. The number of pyridine rings is 1. The third-order valence-corrected chi connectivity index (χ3v) is 3.01. The Morgan fingerprint density at radius 1 is 1.36 bits per heavy atom. The number of nitrogens with zero attached hydrogens (tertiary/aromatic N) is 3. The SMILES string of the molecule is Cn1cc(-c2cncc(C(=O)NC(N)(CO)C(=O)O)c2)cn1. The summed E-state index contributed by atoms with van der Waals surface area (Å²) >= 11 is 0. The third-order valence-electron chi connectivity index (χ3n) is 3.01. The van der Waals surface area contributed by atoms with E-state index < -0.39 is 24.1 Å².